The van der Waals surface area contributed by atoms with Gasteiger partial charge in [0.15, 0.2) is 5.69 Å². The SMILES string of the molecule is [C-]#[N+]c1ccc2[nH]cc(C3CC3CNCCc3ccc(OC)cc3)c2c1. The molecule has 4 heteroatoms. The van der Waals surface area contributed by atoms with Crippen molar-refractivity contribution in [2.75, 3.05) is 20.2 Å². The molecular weight excluding hydrogens is 322 g/mol. The lowest BCUT2D eigenvalue weighted by atomic mass is 10.1. The molecule has 0 aliphatic heterocycles. The van der Waals surface area contributed by atoms with E-state index in [2.05, 4.69) is 33.5 Å². The number of aromatic amines is 1. The molecule has 1 saturated carbocycles. The van der Waals surface area contributed by atoms with Crippen molar-refractivity contribution < 1.29 is 4.74 Å². The van der Waals surface area contributed by atoms with Gasteiger partial charge in [0.2, 0.25) is 0 Å². The van der Waals surface area contributed by atoms with Gasteiger partial charge < -0.3 is 15.0 Å². The van der Waals surface area contributed by atoms with Crippen LogP contribution in [0.15, 0.2) is 48.7 Å². The monoisotopic (exact) mass is 345 g/mol. The van der Waals surface area contributed by atoms with Crippen molar-refractivity contribution in [1.29, 1.82) is 0 Å². The first-order chi connectivity index (χ1) is 12.8. The van der Waals surface area contributed by atoms with Crippen LogP contribution in [0.1, 0.15) is 23.5 Å². The van der Waals surface area contributed by atoms with E-state index in [1.165, 1.54) is 22.9 Å². The van der Waals surface area contributed by atoms with E-state index in [1.54, 1.807) is 7.11 Å². The Balaban J connectivity index is 1.29. The van der Waals surface area contributed by atoms with E-state index in [4.69, 9.17) is 11.3 Å². The number of fused-ring (bicyclic) bond motifs is 1. The summed E-state index contributed by atoms with van der Waals surface area (Å²) in [5.41, 5.74) is 4.54. The molecule has 1 fully saturated rings. The van der Waals surface area contributed by atoms with Crippen LogP contribution in [0.3, 0.4) is 0 Å². The van der Waals surface area contributed by atoms with Gasteiger partial charge in [0.1, 0.15) is 5.75 Å². The van der Waals surface area contributed by atoms with E-state index in [1.807, 2.05) is 30.3 Å². The van der Waals surface area contributed by atoms with Gasteiger partial charge in [-0.1, -0.05) is 18.2 Å². The lowest BCUT2D eigenvalue weighted by Gasteiger charge is -2.06. The maximum atomic E-state index is 7.21. The number of ether oxygens (including phenoxy) is 1. The van der Waals surface area contributed by atoms with E-state index in [-0.39, 0.29) is 0 Å². The highest BCUT2D eigenvalue weighted by Crippen LogP contribution is 2.49. The molecule has 0 bridgehead atoms. The predicted molar refractivity (Wildman–Crippen MR) is 105 cm³/mol. The molecule has 2 atom stereocenters. The summed E-state index contributed by atoms with van der Waals surface area (Å²) >= 11 is 0. The Morgan fingerprint density at radius 1 is 1.23 bits per heavy atom. The number of aromatic nitrogens is 1. The Morgan fingerprint density at radius 2 is 2.08 bits per heavy atom. The van der Waals surface area contributed by atoms with Crippen LogP contribution in [0.25, 0.3) is 15.7 Å². The van der Waals surface area contributed by atoms with Crippen molar-refractivity contribution in [3.63, 3.8) is 0 Å². The predicted octanol–water partition coefficient (Wildman–Crippen LogP) is 4.66. The van der Waals surface area contributed by atoms with Gasteiger partial charge in [-0.25, -0.2) is 4.85 Å². The molecule has 2 unspecified atom stereocenters. The van der Waals surface area contributed by atoms with E-state index in [9.17, 15) is 0 Å². The third kappa shape index (κ3) is 3.44. The van der Waals surface area contributed by atoms with Crippen LogP contribution >= 0.6 is 0 Å². The van der Waals surface area contributed by atoms with Crippen molar-refractivity contribution in [3.8, 4) is 5.75 Å². The second-order valence-electron chi connectivity index (χ2n) is 6.99. The zero-order chi connectivity index (χ0) is 17.9. The quantitative estimate of drug-likeness (QED) is 0.483. The number of rotatable bonds is 7. The normalized spacial score (nSPS) is 18.6. The average molecular weight is 345 g/mol. The number of hydrogen-bond donors (Lipinski definition) is 2. The molecule has 0 saturated heterocycles. The van der Waals surface area contributed by atoms with Crippen LogP contribution in [0.5, 0.6) is 5.75 Å². The summed E-state index contributed by atoms with van der Waals surface area (Å²) in [5, 5.41) is 4.81. The lowest BCUT2D eigenvalue weighted by Crippen LogP contribution is -2.20. The van der Waals surface area contributed by atoms with Crippen molar-refractivity contribution in [2.24, 2.45) is 5.92 Å². The van der Waals surface area contributed by atoms with E-state index < -0.39 is 0 Å². The van der Waals surface area contributed by atoms with Gasteiger partial charge >= 0.3 is 0 Å². The molecule has 3 aromatic rings. The topological polar surface area (TPSA) is 41.4 Å². The second kappa shape index (κ2) is 7.23. The van der Waals surface area contributed by atoms with Crippen LogP contribution in [0.4, 0.5) is 5.69 Å². The van der Waals surface area contributed by atoms with Crippen molar-refractivity contribution in [1.82, 2.24) is 10.3 Å². The Morgan fingerprint density at radius 3 is 2.85 bits per heavy atom. The standard InChI is InChI=1S/C22H23N3O/c1-23-17-5-8-22-20(12-17)21(14-25-22)19-11-16(19)13-24-10-9-15-3-6-18(26-2)7-4-15/h3-8,12,14,16,19,24-25H,9-11,13H2,2H3. The molecule has 2 N–H and O–H groups in total. The summed E-state index contributed by atoms with van der Waals surface area (Å²) in [6.07, 6.45) is 4.38. The maximum absolute atomic E-state index is 7.21. The number of methoxy groups -OCH3 is 1. The molecule has 2 aromatic carbocycles. The van der Waals surface area contributed by atoms with Crippen LogP contribution in [0, 0.1) is 12.5 Å². The molecule has 132 valence electrons. The Bertz CT molecular complexity index is 936. The molecule has 1 aliphatic rings. The summed E-state index contributed by atoms with van der Waals surface area (Å²) < 4.78 is 5.19. The van der Waals surface area contributed by atoms with Gasteiger partial charge in [-0.05, 0) is 78.5 Å². The van der Waals surface area contributed by atoms with E-state index in [0.29, 0.717) is 17.5 Å². The minimum absolute atomic E-state index is 0.609. The number of benzene rings is 2. The summed E-state index contributed by atoms with van der Waals surface area (Å²) in [6.45, 7) is 9.25. The summed E-state index contributed by atoms with van der Waals surface area (Å²) in [5.74, 6) is 2.21. The fourth-order valence-electron chi connectivity index (χ4n) is 3.67. The zero-order valence-corrected chi connectivity index (χ0v) is 15.0. The molecule has 0 amide bonds. The molecule has 1 aliphatic carbocycles. The van der Waals surface area contributed by atoms with Gasteiger partial charge in [-0.3, -0.25) is 0 Å². The highest BCUT2D eigenvalue weighted by atomic mass is 16.5. The van der Waals surface area contributed by atoms with Crippen LogP contribution in [-0.2, 0) is 6.42 Å². The molecular formula is C22H23N3O. The lowest BCUT2D eigenvalue weighted by molar-refractivity contribution is 0.414. The average Bonchev–Trinajstić information content (AvgIpc) is 3.33. The molecule has 0 radical (unpaired) electrons. The number of hydrogen-bond acceptors (Lipinski definition) is 2. The van der Waals surface area contributed by atoms with Crippen LogP contribution < -0.4 is 10.1 Å². The number of H-pyrrole nitrogens is 1. The molecule has 0 spiro atoms. The van der Waals surface area contributed by atoms with Crippen molar-refractivity contribution in [2.45, 2.75) is 18.8 Å². The van der Waals surface area contributed by atoms with Gasteiger partial charge in [0.05, 0.1) is 13.7 Å². The number of nitrogens with one attached hydrogen (secondary N) is 2. The maximum Gasteiger partial charge on any atom is 0.187 e. The minimum Gasteiger partial charge on any atom is -0.497 e. The Labute approximate surface area is 154 Å². The van der Waals surface area contributed by atoms with Crippen molar-refractivity contribution in [3.05, 3.63) is 71.2 Å². The molecule has 1 aromatic heterocycles. The largest absolute Gasteiger partial charge is 0.497 e. The Kier molecular flexibility index (Phi) is 4.64. The molecule has 4 rings (SSSR count). The zero-order valence-electron chi connectivity index (χ0n) is 15.0. The highest BCUT2D eigenvalue weighted by Gasteiger charge is 2.39. The van der Waals surface area contributed by atoms with Gasteiger partial charge in [0.25, 0.3) is 0 Å². The fourth-order valence-corrected chi connectivity index (χ4v) is 3.67. The first-order valence-corrected chi connectivity index (χ1v) is 9.10. The van der Waals surface area contributed by atoms with Crippen LogP contribution in [0.2, 0.25) is 0 Å². The first kappa shape index (κ1) is 16.7. The molecule has 4 nitrogen and oxygen atoms in total. The number of nitrogens with zero attached hydrogens (tertiary/aromatic N) is 1. The summed E-state index contributed by atoms with van der Waals surface area (Å²) in [6, 6.07) is 14.2. The summed E-state index contributed by atoms with van der Waals surface area (Å²) in [7, 11) is 1.69. The first-order valence-electron chi connectivity index (χ1n) is 9.10. The fraction of sp³-hybridized carbons (Fsp3) is 0.318. The second-order valence-corrected chi connectivity index (χ2v) is 6.99. The van der Waals surface area contributed by atoms with Gasteiger partial charge in [0, 0.05) is 11.7 Å². The van der Waals surface area contributed by atoms with Crippen molar-refractivity contribution >= 4 is 16.6 Å². The smallest absolute Gasteiger partial charge is 0.187 e. The van der Waals surface area contributed by atoms with Crippen LogP contribution in [-0.4, -0.2) is 25.2 Å². The minimum atomic E-state index is 0.609. The summed E-state index contributed by atoms with van der Waals surface area (Å²) in [4.78, 5) is 6.90. The van der Waals surface area contributed by atoms with Gasteiger partial charge in [-0.15, -0.1) is 0 Å². The third-order valence-corrected chi connectivity index (χ3v) is 5.30. The molecule has 26 heavy (non-hydrogen) atoms. The van der Waals surface area contributed by atoms with E-state index in [0.717, 1.165) is 30.8 Å². The molecule has 1 heterocycles. The van der Waals surface area contributed by atoms with E-state index >= 15 is 0 Å². The highest BCUT2D eigenvalue weighted by molar-refractivity contribution is 5.87. The Hall–Kier alpha value is -2.77. The van der Waals surface area contributed by atoms with Gasteiger partial charge in [-0.2, -0.15) is 0 Å². The third-order valence-electron chi connectivity index (χ3n) is 5.30.